The number of carbonyl (C=O) groups excluding carboxylic acids is 1. The number of amides is 1. The van der Waals surface area contributed by atoms with Crippen LogP contribution in [-0.2, 0) is 9.59 Å². The first kappa shape index (κ1) is 16.0. The van der Waals surface area contributed by atoms with Gasteiger partial charge in [-0.25, -0.2) is 9.37 Å². The van der Waals surface area contributed by atoms with Gasteiger partial charge in [0, 0.05) is 11.8 Å². The van der Waals surface area contributed by atoms with Crippen molar-refractivity contribution in [3.8, 4) is 0 Å². The zero-order chi connectivity index (χ0) is 15.4. The predicted octanol–water partition coefficient (Wildman–Crippen LogP) is 0.483. The molecule has 20 heavy (non-hydrogen) atoms. The summed E-state index contributed by atoms with van der Waals surface area (Å²) in [5.41, 5.74) is 5.13. The molecule has 108 valence electrons. The maximum Gasteiger partial charge on any atom is 0.321 e. The molecule has 1 amide bonds. The van der Waals surface area contributed by atoms with Crippen molar-refractivity contribution >= 4 is 29.3 Å². The third kappa shape index (κ3) is 3.49. The Morgan fingerprint density at radius 1 is 1.60 bits per heavy atom. The highest BCUT2D eigenvalue weighted by Crippen LogP contribution is 2.25. The Kier molecular flexibility index (Phi) is 5.12. The summed E-state index contributed by atoms with van der Waals surface area (Å²) in [7, 11) is 0. The van der Waals surface area contributed by atoms with Crippen LogP contribution in [0, 0.1) is 11.2 Å². The molecule has 0 saturated carbocycles. The summed E-state index contributed by atoms with van der Waals surface area (Å²) >= 11 is 5.50. The molecular formula is C11H12ClFN4O3. The maximum atomic E-state index is 13.9. The molecule has 0 aliphatic rings. The number of pyridine rings is 1. The number of nitrogens with two attached hydrogens (primary N) is 1. The van der Waals surface area contributed by atoms with Crippen molar-refractivity contribution in [1.82, 2.24) is 10.3 Å². The summed E-state index contributed by atoms with van der Waals surface area (Å²) in [4.78, 5) is 26.4. The number of rotatable bonds is 4. The van der Waals surface area contributed by atoms with E-state index in [1.807, 2.05) is 0 Å². The number of hydrogen-bond donors (Lipinski definition) is 4. The van der Waals surface area contributed by atoms with Crippen molar-refractivity contribution in [2.75, 3.05) is 0 Å². The molecule has 0 aliphatic carbocycles. The molecule has 1 heterocycles. The zero-order valence-electron chi connectivity index (χ0n) is 10.4. The van der Waals surface area contributed by atoms with Crippen molar-refractivity contribution in [2.45, 2.75) is 18.9 Å². The minimum atomic E-state index is -1.69. The summed E-state index contributed by atoms with van der Waals surface area (Å²) in [6.07, 6.45) is 1.13. The Morgan fingerprint density at radius 2 is 2.20 bits per heavy atom. The quantitative estimate of drug-likeness (QED) is 0.365. The van der Waals surface area contributed by atoms with Gasteiger partial charge < -0.3 is 16.2 Å². The lowest BCUT2D eigenvalue weighted by Crippen LogP contribution is -2.46. The number of nitrogens with one attached hydrogen (secondary N) is 2. The second kappa shape index (κ2) is 6.40. The van der Waals surface area contributed by atoms with Gasteiger partial charge in [-0.05, 0) is 13.0 Å². The predicted molar refractivity (Wildman–Crippen MR) is 69.1 cm³/mol. The largest absolute Gasteiger partial charge is 0.480 e. The number of carboxylic acid groups (broad SMARTS) is 1. The molecule has 2 atom stereocenters. The fourth-order valence-electron chi connectivity index (χ4n) is 1.58. The lowest BCUT2D eigenvalue weighted by molar-refractivity contribution is -0.141. The standard InChI is InChI=1S/C11H12ClFN4O3/c1-4(14)17-10(18)6(8(15)11(19)20)5-2-3-16-9(12)7(5)13/h2-3,6,8H,15H2,1H3,(H,19,20)(H2,14,17,18)/t6-,8+/m0/s1. The first-order valence-corrected chi connectivity index (χ1v) is 5.77. The van der Waals surface area contributed by atoms with E-state index in [0.29, 0.717) is 0 Å². The van der Waals surface area contributed by atoms with Gasteiger partial charge in [-0.2, -0.15) is 0 Å². The molecule has 0 bridgehead atoms. The Morgan fingerprint density at radius 3 is 2.70 bits per heavy atom. The lowest BCUT2D eigenvalue weighted by Gasteiger charge is -2.21. The second-order valence-electron chi connectivity index (χ2n) is 3.96. The number of hydrogen-bond acceptors (Lipinski definition) is 5. The monoisotopic (exact) mass is 302 g/mol. The summed E-state index contributed by atoms with van der Waals surface area (Å²) in [5.74, 6) is -5.17. The zero-order valence-corrected chi connectivity index (χ0v) is 11.1. The number of amidine groups is 1. The maximum absolute atomic E-state index is 13.9. The summed E-state index contributed by atoms with van der Waals surface area (Å²) in [6, 6.07) is -0.574. The molecule has 1 aromatic heterocycles. The Hall–Kier alpha value is -2.06. The normalized spacial score (nSPS) is 13.4. The Balaban J connectivity index is 3.30. The minimum absolute atomic E-state index is 0.224. The van der Waals surface area contributed by atoms with E-state index < -0.39 is 34.8 Å². The SMILES string of the molecule is CC(=N)NC(=O)[C@@H](c1ccnc(Cl)c1F)[C@@H](N)C(=O)O. The Bertz CT molecular complexity index is 567. The van der Waals surface area contributed by atoms with Crippen molar-refractivity contribution in [3.05, 3.63) is 28.8 Å². The number of halogens is 2. The average Bonchev–Trinajstić information content (AvgIpc) is 2.33. The van der Waals surface area contributed by atoms with Gasteiger partial charge in [-0.3, -0.25) is 15.0 Å². The van der Waals surface area contributed by atoms with Crippen LogP contribution in [0.4, 0.5) is 4.39 Å². The summed E-state index contributed by atoms with van der Waals surface area (Å²) in [5, 5.41) is 17.7. The van der Waals surface area contributed by atoms with Gasteiger partial charge in [-0.15, -0.1) is 0 Å². The van der Waals surface area contributed by atoms with Crippen molar-refractivity contribution < 1.29 is 19.1 Å². The van der Waals surface area contributed by atoms with E-state index in [2.05, 4.69) is 10.3 Å². The molecule has 1 aromatic rings. The number of aromatic nitrogens is 1. The average molecular weight is 303 g/mol. The molecule has 0 aromatic carbocycles. The third-order valence-electron chi connectivity index (χ3n) is 2.45. The van der Waals surface area contributed by atoms with Gasteiger partial charge in [-0.1, -0.05) is 11.6 Å². The van der Waals surface area contributed by atoms with Crippen molar-refractivity contribution in [3.63, 3.8) is 0 Å². The fourth-order valence-corrected chi connectivity index (χ4v) is 1.74. The van der Waals surface area contributed by atoms with Crippen LogP contribution in [0.5, 0.6) is 0 Å². The highest BCUT2D eigenvalue weighted by molar-refractivity contribution is 6.29. The van der Waals surface area contributed by atoms with E-state index in [-0.39, 0.29) is 11.4 Å². The molecule has 5 N–H and O–H groups in total. The molecule has 0 unspecified atom stereocenters. The van der Waals surface area contributed by atoms with Gasteiger partial charge in [0.2, 0.25) is 5.91 Å². The van der Waals surface area contributed by atoms with Crippen LogP contribution in [0.1, 0.15) is 18.4 Å². The molecule has 7 nitrogen and oxygen atoms in total. The summed E-state index contributed by atoms with van der Waals surface area (Å²) in [6.45, 7) is 1.27. The van der Waals surface area contributed by atoms with Crippen LogP contribution in [0.3, 0.4) is 0 Å². The van der Waals surface area contributed by atoms with E-state index in [0.717, 1.165) is 12.3 Å². The molecule has 9 heteroatoms. The molecule has 0 aliphatic heterocycles. The van der Waals surface area contributed by atoms with E-state index in [9.17, 15) is 14.0 Å². The fraction of sp³-hybridized carbons (Fsp3) is 0.273. The minimum Gasteiger partial charge on any atom is -0.480 e. The number of aliphatic carboxylic acids is 1. The number of nitrogens with zero attached hydrogens (tertiary/aromatic N) is 1. The van der Waals surface area contributed by atoms with Crippen molar-refractivity contribution in [2.24, 2.45) is 5.73 Å². The van der Waals surface area contributed by atoms with Gasteiger partial charge in [0.15, 0.2) is 11.0 Å². The molecule has 0 fully saturated rings. The van der Waals surface area contributed by atoms with Gasteiger partial charge in [0.1, 0.15) is 6.04 Å². The molecule has 0 radical (unpaired) electrons. The van der Waals surface area contributed by atoms with Crippen LogP contribution in [0.2, 0.25) is 5.15 Å². The molecule has 0 spiro atoms. The van der Waals surface area contributed by atoms with Crippen LogP contribution < -0.4 is 11.1 Å². The Labute approximate surface area is 118 Å². The van der Waals surface area contributed by atoms with E-state index in [4.69, 9.17) is 27.9 Å². The van der Waals surface area contributed by atoms with E-state index >= 15 is 0 Å². The first-order chi connectivity index (χ1) is 9.25. The number of carboxylic acids is 1. The van der Waals surface area contributed by atoms with Crippen LogP contribution in [-0.4, -0.2) is 33.8 Å². The molecule has 1 rings (SSSR count). The number of carbonyl (C=O) groups is 2. The van der Waals surface area contributed by atoms with Crippen LogP contribution in [0.15, 0.2) is 12.3 Å². The molecule has 0 saturated heterocycles. The van der Waals surface area contributed by atoms with E-state index in [1.165, 1.54) is 6.92 Å². The van der Waals surface area contributed by atoms with Crippen LogP contribution in [0.25, 0.3) is 0 Å². The first-order valence-electron chi connectivity index (χ1n) is 5.40. The van der Waals surface area contributed by atoms with Gasteiger partial charge in [0.25, 0.3) is 0 Å². The van der Waals surface area contributed by atoms with Crippen LogP contribution >= 0.6 is 11.6 Å². The van der Waals surface area contributed by atoms with Crippen molar-refractivity contribution in [1.29, 1.82) is 5.41 Å². The highest BCUT2D eigenvalue weighted by Gasteiger charge is 2.35. The van der Waals surface area contributed by atoms with E-state index in [1.54, 1.807) is 0 Å². The topological polar surface area (TPSA) is 129 Å². The van der Waals surface area contributed by atoms with Gasteiger partial charge >= 0.3 is 5.97 Å². The lowest BCUT2D eigenvalue weighted by atomic mass is 9.91. The summed E-state index contributed by atoms with van der Waals surface area (Å²) < 4.78 is 13.9. The van der Waals surface area contributed by atoms with Gasteiger partial charge in [0.05, 0.1) is 11.8 Å². The smallest absolute Gasteiger partial charge is 0.321 e. The highest BCUT2D eigenvalue weighted by atomic mass is 35.5. The molecular weight excluding hydrogens is 291 g/mol. The second-order valence-corrected chi connectivity index (χ2v) is 4.32. The third-order valence-corrected chi connectivity index (χ3v) is 2.71.